The third-order valence-corrected chi connectivity index (χ3v) is 4.95. The molecule has 0 unspecified atom stereocenters. The van der Waals surface area contributed by atoms with Gasteiger partial charge in [0, 0.05) is 12.1 Å². The van der Waals surface area contributed by atoms with E-state index in [4.69, 9.17) is 11.6 Å². The lowest BCUT2D eigenvalue weighted by Gasteiger charge is -2.40. The van der Waals surface area contributed by atoms with Crippen molar-refractivity contribution < 1.29 is 8.78 Å². The van der Waals surface area contributed by atoms with Crippen LogP contribution >= 0.6 is 11.6 Å². The van der Waals surface area contributed by atoms with Gasteiger partial charge in [-0.25, -0.2) is 13.8 Å². The zero-order valence-electron chi connectivity index (χ0n) is 14.2. The van der Waals surface area contributed by atoms with Gasteiger partial charge in [-0.15, -0.1) is 0 Å². The summed E-state index contributed by atoms with van der Waals surface area (Å²) in [5.41, 5.74) is 0.0143. The van der Waals surface area contributed by atoms with Gasteiger partial charge in [-0.1, -0.05) is 17.7 Å². The second kappa shape index (κ2) is 6.44. The van der Waals surface area contributed by atoms with Gasteiger partial charge >= 0.3 is 0 Å². The van der Waals surface area contributed by atoms with Crippen molar-refractivity contribution in [3.05, 3.63) is 41.1 Å². The maximum Gasteiger partial charge on any atom is 0.228 e. The Labute approximate surface area is 153 Å². The van der Waals surface area contributed by atoms with E-state index in [0.29, 0.717) is 17.6 Å². The van der Waals surface area contributed by atoms with E-state index in [-0.39, 0.29) is 22.5 Å². The largest absolute Gasteiger partial charge is 0.351 e. The van der Waals surface area contributed by atoms with E-state index in [1.807, 2.05) is 14.1 Å². The fourth-order valence-electron chi connectivity index (χ4n) is 3.08. The molecule has 2 heterocycles. The van der Waals surface area contributed by atoms with E-state index < -0.39 is 11.6 Å². The molecule has 0 saturated heterocycles. The van der Waals surface area contributed by atoms with Crippen molar-refractivity contribution in [3.63, 3.8) is 0 Å². The first kappa shape index (κ1) is 17.1. The van der Waals surface area contributed by atoms with Crippen molar-refractivity contribution in [2.75, 3.05) is 19.4 Å². The highest BCUT2D eigenvalue weighted by atomic mass is 35.5. The minimum Gasteiger partial charge on any atom is -0.351 e. The first-order valence-electron chi connectivity index (χ1n) is 8.22. The van der Waals surface area contributed by atoms with Gasteiger partial charge in [0.2, 0.25) is 5.95 Å². The highest BCUT2D eigenvalue weighted by molar-refractivity contribution is 6.33. The quantitative estimate of drug-likeness (QED) is 0.755. The normalized spacial score (nSPS) is 19.8. The molecular formula is C17H17ClF2N6. The molecule has 0 aliphatic heterocycles. The number of fused-ring (bicyclic) bond motifs is 1. The van der Waals surface area contributed by atoms with Crippen molar-refractivity contribution in [1.82, 2.24) is 24.5 Å². The summed E-state index contributed by atoms with van der Waals surface area (Å²) in [6.45, 7) is 0. The molecule has 4 rings (SSSR count). The topological polar surface area (TPSA) is 58.3 Å². The lowest BCUT2D eigenvalue weighted by Crippen LogP contribution is -2.47. The van der Waals surface area contributed by atoms with Crippen molar-refractivity contribution in [1.29, 1.82) is 0 Å². The summed E-state index contributed by atoms with van der Waals surface area (Å²) in [6.07, 6.45) is 3.31. The Kier molecular flexibility index (Phi) is 4.24. The van der Waals surface area contributed by atoms with Crippen LogP contribution in [0.5, 0.6) is 0 Å². The molecule has 26 heavy (non-hydrogen) atoms. The Morgan fingerprint density at radius 1 is 1.19 bits per heavy atom. The van der Waals surface area contributed by atoms with Gasteiger partial charge in [-0.3, -0.25) is 0 Å². The average Bonchev–Trinajstić information content (AvgIpc) is 2.91. The molecule has 6 nitrogen and oxygen atoms in total. The molecular weight excluding hydrogens is 362 g/mol. The molecule has 136 valence electrons. The molecule has 1 aromatic carbocycles. The third-order valence-electron chi connectivity index (χ3n) is 4.69. The monoisotopic (exact) mass is 378 g/mol. The second-order valence-corrected chi connectivity index (χ2v) is 7.03. The van der Waals surface area contributed by atoms with Gasteiger partial charge in [0.25, 0.3) is 0 Å². The number of halogens is 3. The molecule has 1 N–H and O–H groups in total. The number of hydrogen-bond donors (Lipinski definition) is 1. The van der Waals surface area contributed by atoms with Gasteiger partial charge in [0.15, 0.2) is 11.5 Å². The molecule has 1 aliphatic rings. The van der Waals surface area contributed by atoms with Crippen LogP contribution in [0.15, 0.2) is 24.4 Å². The number of nitrogens with one attached hydrogen (secondary N) is 1. The number of benzene rings is 1. The molecule has 0 bridgehead atoms. The van der Waals surface area contributed by atoms with Crippen LogP contribution in [0.3, 0.4) is 0 Å². The van der Waals surface area contributed by atoms with Crippen LogP contribution in [-0.4, -0.2) is 50.7 Å². The van der Waals surface area contributed by atoms with Gasteiger partial charge in [0.1, 0.15) is 16.7 Å². The van der Waals surface area contributed by atoms with Gasteiger partial charge in [-0.05, 0) is 39.1 Å². The maximum absolute atomic E-state index is 14.2. The Morgan fingerprint density at radius 3 is 2.54 bits per heavy atom. The fraction of sp³-hybridized carbons (Fsp3) is 0.353. The fourth-order valence-corrected chi connectivity index (χ4v) is 3.24. The smallest absolute Gasteiger partial charge is 0.228 e. The van der Waals surface area contributed by atoms with E-state index in [1.165, 1.54) is 28.9 Å². The number of nitrogens with zero attached hydrogens (tertiary/aromatic N) is 5. The molecule has 1 aliphatic carbocycles. The number of anilines is 1. The van der Waals surface area contributed by atoms with E-state index in [2.05, 4.69) is 25.3 Å². The van der Waals surface area contributed by atoms with Crippen molar-refractivity contribution >= 4 is 23.2 Å². The Bertz CT molecular complexity index is 947. The number of hydrogen-bond acceptors (Lipinski definition) is 5. The minimum atomic E-state index is -0.729. The van der Waals surface area contributed by atoms with Crippen LogP contribution in [0.25, 0.3) is 17.0 Å². The molecule has 9 heteroatoms. The Hall–Kier alpha value is -2.32. The standard InChI is InChI=1S/C17H17ClF2N6/c1-25(2)10-6-9(7-10)22-17-24-15(14-12(19)4-3-5-13(14)20)23-16-11(18)8-21-26(16)17/h3-5,8-10H,6-7H2,1-2H3,(H,22,23,24)/t9-,10-. The summed E-state index contributed by atoms with van der Waals surface area (Å²) in [5.74, 6) is -1.16. The van der Waals surface area contributed by atoms with Crippen LogP contribution in [0.4, 0.5) is 14.7 Å². The van der Waals surface area contributed by atoms with Crippen LogP contribution < -0.4 is 5.32 Å². The van der Waals surface area contributed by atoms with Crippen molar-refractivity contribution in [2.24, 2.45) is 0 Å². The molecule has 0 spiro atoms. The zero-order valence-corrected chi connectivity index (χ0v) is 15.0. The summed E-state index contributed by atoms with van der Waals surface area (Å²) in [7, 11) is 4.08. The highest BCUT2D eigenvalue weighted by Gasteiger charge is 2.31. The predicted molar refractivity (Wildman–Crippen MR) is 95.3 cm³/mol. The SMILES string of the molecule is CN(C)[C@H]1C[C@H](Nc2nc(-c3c(F)cccc3F)nc3c(Cl)cnn23)C1. The van der Waals surface area contributed by atoms with E-state index >= 15 is 0 Å². The molecule has 3 aromatic rings. The van der Waals surface area contributed by atoms with Gasteiger partial charge in [-0.2, -0.15) is 14.6 Å². The molecule has 0 amide bonds. The van der Waals surface area contributed by atoms with E-state index in [9.17, 15) is 8.78 Å². The Balaban J connectivity index is 1.75. The van der Waals surface area contributed by atoms with Crippen molar-refractivity contribution in [2.45, 2.75) is 24.9 Å². The maximum atomic E-state index is 14.2. The van der Waals surface area contributed by atoms with Crippen LogP contribution in [-0.2, 0) is 0 Å². The minimum absolute atomic E-state index is 0.0681. The molecule has 1 fully saturated rings. The lowest BCUT2D eigenvalue weighted by molar-refractivity contribution is 0.177. The third kappa shape index (κ3) is 2.89. The summed E-state index contributed by atoms with van der Waals surface area (Å²) >= 11 is 6.14. The predicted octanol–water partition coefficient (Wildman–Crippen LogP) is 3.23. The Morgan fingerprint density at radius 2 is 1.88 bits per heavy atom. The van der Waals surface area contributed by atoms with Crippen LogP contribution in [0.1, 0.15) is 12.8 Å². The van der Waals surface area contributed by atoms with Gasteiger partial charge in [0.05, 0.1) is 11.8 Å². The van der Waals surface area contributed by atoms with Gasteiger partial charge < -0.3 is 10.2 Å². The first-order chi connectivity index (χ1) is 12.4. The molecule has 1 saturated carbocycles. The summed E-state index contributed by atoms with van der Waals surface area (Å²) < 4.78 is 29.8. The summed E-state index contributed by atoms with van der Waals surface area (Å²) in [5, 5.41) is 7.74. The number of aromatic nitrogens is 4. The summed E-state index contributed by atoms with van der Waals surface area (Å²) in [4.78, 5) is 10.7. The second-order valence-electron chi connectivity index (χ2n) is 6.63. The van der Waals surface area contributed by atoms with Crippen LogP contribution in [0, 0.1) is 11.6 Å². The van der Waals surface area contributed by atoms with E-state index in [1.54, 1.807) is 0 Å². The first-order valence-corrected chi connectivity index (χ1v) is 8.60. The average molecular weight is 379 g/mol. The zero-order chi connectivity index (χ0) is 18.4. The highest BCUT2D eigenvalue weighted by Crippen LogP contribution is 2.30. The van der Waals surface area contributed by atoms with Crippen molar-refractivity contribution in [3.8, 4) is 11.4 Å². The molecule has 0 radical (unpaired) electrons. The summed E-state index contributed by atoms with van der Waals surface area (Å²) in [6, 6.07) is 4.33. The van der Waals surface area contributed by atoms with Crippen LogP contribution in [0.2, 0.25) is 5.02 Å². The number of rotatable bonds is 4. The molecule has 0 atom stereocenters. The lowest BCUT2D eigenvalue weighted by atomic mass is 9.86. The molecule has 2 aromatic heterocycles. The van der Waals surface area contributed by atoms with E-state index in [0.717, 1.165) is 12.8 Å².